The molecule has 0 aliphatic rings. The average molecular weight is 604 g/mol. The summed E-state index contributed by atoms with van der Waals surface area (Å²) in [6, 6.07) is 10.1. The fourth-order valence-corrected chi connectivity index (χ4v) is 6.92. The minimum atomic E-state index is -4.45. The van der Waals surface area contributed by atoms with Gasteiger partial charge in [-0.05, 0) is 29.3 Å². The van der Waals surface area contributed by atoms with Gasteiger partial charge in [-0.2, -0.15) is 8.78 Å². The van der Waals surface area contributed by atoms with Gasteiger partial charge < -0.3 is 24.1 Å². The summed E-state index contributed by atoms with van der Waals surface area (Å²) in [6.07, 6.45) is 1.39. The Morgan fingerprint density at radius 1 is 1.12 bits per heavy atom. The number of alkyl halides is 2. The second kappa shape index (κ2) is 13.0. The fourth-order valence-electron chi connectivity index (χ4n) is 3.81. The van der Waals surface area contributed by atoms with E-state index in [4.69, 9.17) is 9.47 Å². The second-order valence-electron chi connectivity index (χ2n) is 7.91. The Balaban J connectivity index is 0.00000441. The molecule has 1 atom stereocenters. The van der Waals surface area contributed by atoms with E-state index in [1.54, 1.807) is 0 Å². The first kappa shape index (κ1) is 31.4. The zero-order valence-corrected chi connectivity index (χ0v) is 25.0. The van der Waals surface area contributed by atoms with Crippen molar-refractivity contribution in [3.63, 3.8) is 0 Å². The maximum absolute atomic E-state index is 13.7. The molecular weight excluding hydrogens is 583 g/mol. The van der Waals surface area contributed by atoms with E-state index >= 15 is 0 Å². The number of carboxylic acid groups (broad SMARTS) is 1. The van der Waals surface area contributed by atoms with E-state index in [0.29, 0.717) is 9.72 Å². The predicted molar refractivity (Wildman–Crippen MR) is 133 cm³/mol. The number of carboxylic acids is 1. The van der Waals surface area contributed by atoms with Gasteiger partial charge in [-0.15, -0.1) is 0 Å². The van der Waals surface area contributed by atoms with Crippen LogP contribution in [0.25, 0.3) is 11.0 Å². The van der Waals surface area contributed by atoms with Crippen LogP contribution < -0.4 is 48.9 Å². The van der Waals surface area contributed by atoms with Crippen molar-refractivity contribution in [2.45, 2.75) is 23.3 Å². The zero-order chi connectivity index (χ0) is 28.3. The van der Waals surface area contributed by atoms with Crippen molar-refractivity contribution in [3.8, 4) is 17.2 Å². The molecule has 0 bridgehead atoms. The standard InChI is InChI=1S/C24H21F2N3O8S2.Na/c1-35-20-8-9-27-18(21(20)36-2)12-38(32)24-28-17-7-6-16(37-23(25)26)11-19(17)29(24)39(33,34)13-14-4-3-5-15(10-14)22(30)31;/h3-11,23H,12-13H2,1-2H3,(H,30,31);/q;+1/p-1. The summed E-state index contributed by atoms with van der Waals surface area (Å²) >= 11 is 0. The van der Waals surface area contributed by atoms with E-state index in [1.165, 1.54) is 56.8 Å². The maximum Gasteiger partial charge on any atom is 1.00 e. The molecule has 1 unspecified atom stereocenters. The zero-order valence-electron chi connectivity index (χ0n) is 21.4. The molecule has 4 rings (SSSR count). The fraction of sp³-hybridized carbons (Fsp3) is 0.208. The van der Waals surface area contributed by atoms with E-state index in [9.17, 15) is 31.3 Å². The van der Waals surface area contributed by atoms with E-state index in [-0.39, 0.29) is 74.7 Å². The number of aromatic nitrogens is 3. The molecule has 40 heavy (non-hydrogen) atoms. The molecule has 0 fully saturated rings. The number of rotatable bonds is 11. The number of hydrogen-bond donors (Lipinski definition) is 0. The molecule has 0 aliphatic carbocycles. The van der Waals surface area contributed by atoms with Gasteiger partial charge in [0.15, 0.2) is 11.5 Å². The molecule has 2 heterocycles. The van der Waals surface area contributed by atoms with Crippen LogP contribution in [0.2, 0.25) is 0 Å². The van der Waals surface area contributed by atoms with Crippen molar-refractivity contribution in [1.82, 2.24) is 13.9 Å². The molecule has 11 nitrogen and oxygen atoms in total. The van der Waals surface area contributed by atoms with Gasteiger partial charge in [-0.3, -0.25) is 9.19 Å². The van der Waals surface area contributed by atoms with Crippen LogP contribution in [0, 0.1) is 0 Å². The molecule has 0 N–H and O–H groups in total. The molecule has 2 aromatic carbocycles. The van der Waals surface area contributed by atoms with Crippen LogP contribution in [0.4, 0.5) is 8.78 Å². The number of imidazole rings is 1. The number of ether oxygens (including phenoxy) is 3. The van der Waals surface area contributed by atoms with Gasteiger partial charge in [-0.25, -0.2) is 17.4 Å². The van der Waals surface area contributed by atoms with Crippen molar-refractivity contribution in [2.75, 3.05) is 14.2 Å². The Kier molecular flexibility index (Phi) is 10.2. The summed E-state index contributed by atoms with van der Waals surface area (Å²) in [5.41, 5.74) is -0.0949. The summed E-state index contributed by atoms with van der Waals surface area (Å²) in [5, 5.41) is 10.8. The average Bonchev–Trinajstić information content (AvgIpc) is 3.28. The Labute approximate surface area is 251 Å². The number of carbonyl (C=O) groups excluding carboxylic acids is 1. The van der Waals surface area contributed by atoms with Crippen molar-refractivity contribution in [3.05, 3.63) is 71.5 Å². The summed E-state index contributed by atoms with van der Waals surface area (Å²) in [6.45, 7) is -3.18. The van der Waals surface area contributed by atoms with E-state index in [0.717, 1.165) is 12.1 Å². The SMILES string of the molecule is COc1ccnc(CS(=O)c2nc3ccc(OC(F)F)cc3n2S(=O)(=O)Cc2cccc(C(=O)[O-])c2)c1OC.[Na+]. The van der Waals surface area contributed by atoms with Gasteiger partial charge in [0.25, 0.3) is 0 Å². The normalized spacial score (nSPS) is 12.1. The van der Waals surface area contributed by atoms with Gasteiger partial charge in [0, 0.05) is 18.3 Å². The topological polar surface area (TPSA) is 150 Å². The van der Waals surface area contributed by atoms with Crippen LogP contribution in [0.15, 0.2) is 59.9 Å². The van der Waals surface area contributed by atoms with E-state index in [2.05, 4.69) is 14.7 Å². The van der Waals surface area contributed by atoms with Gasteiger partial charge in [0.1, 0.15) is 5.75 Å². The summed E-state index contributed by atoms with van der Waals surface area (Å²) in [7, 11) is -3.85. The third-order valence-electron chi connectivity index (χ3n) is 5.41. The third kappa shape index (κ3) is 6.78. The molecule has 206 valence electrons. The molecule has 0 saturated heterocycles. The first-order valence-corrected chi connectivity index (χ1v) is 13.9. The summed E-state index contributed by atoms with van der Waals surface area (Å²) < 4.78 is 82.3. The van der Waals surface area contributed by atoms with Gasteiger partial charge in [0.05, 0.1) is 59.2 Å². The number of pyridine rings is 1. The second-order valence-corrected chi connectivity index (χ2v) is 11.1. The first-order chi connectivity index (χ1) is 18.5. The Morgan fingerprint density at radius 3 is 2.52 bits per heavy atom. The molecule has 16 heteroatoms. The van der Waals surface area contributed by atoms with Crippen LogP contribution in [0.1, 0.15) is 21.6 Å². The number of carbonyl (C=O) groups is 1. The van der Waals surface area contributed by atoms with E-state index in [1.807, 2.05) is 0 Å². The van der Waals surface area contributed by atoms with Gasteiger partial charge in [-0.1, -0.05) is 18.2 Å². The quantitative estimate of drug-likeness (QED) is 0.198. The van der Waals surface area contributed by atoms with Crippen molar-refractivity contribution in [2.24, 2.45) is 0 Å². The Morgan fingerprint density at radius 2 is 1.88 bits per heavy atom. The van der Waals surface area contributed by atoms with Crippen LogP contribution in [0.3, 0.4) is 0 Å². The molecule has 2 aromatic heterocycles. The van der Waals surface area contributed by atoms with Crippen molar-refractivity contribution >= 4 is 37.8 Å². The molecule has 4 aromatic rings. The minimum Gasteiger partial charge on any atom is -0.545 e. The van der Waals surface area contributed by atoms with Gasteiger partial charge >= 0.3 is 36.2 Å². The molecule has 0 aliphatic heterocycles. The largest absolute Gasteiger partial charge is 1.00 e. The molecular formula is C24H20F2N3NaO8S2. The molecule has 0 amide bonds. The number of methoxy groups -OCH3 is 2. The van der Waals surface area contributed by atoms with Crippen LogP contribution in [0.5, 0.6) is 17.2 Å². The smallest absolute Gasteiger partial charge is 0.545 e. The van der Waals surface area contributed by atoms with Crippen LogP contribution >= 0.6 is 0 Å². The molecule has 0 radical (unpaired) electrons. The maximum atomic E-state index is 13.7. The summed E-state index contributed by atoms with van der Waals surface area (Å²) in [5.74, 6) is -2.42. The van der Waals surface area contributed by atoms with E-state index < -0.39 is 44.3 Å². The predicted octanol–water partition coefficient (Wildman–Crippen LogP) is -0.897. The number of nitrogens with zero attached hydrogens (tertiary/aromatic N) is 3. The van der Waals surface area contributed by atoms with Gasteiger partial charge in [0.2, 0.25) is 15.2 Å². The third-order valence-corrected chi connectivity index (χ3v) is 8.36. The number of benzene rings is 2. The summed E-state index contributed by atoms with van der Waals surface area (Å²) in [4.78, 5) is 19.6. The van der Waals surface area contributed by atoms with Crippen molar-refractivity contribution in [1.29, 1.82) is 0 Å². The Bertz CT molecular complexity index is 1680. The number of hydrogen-bond acceptors (Lipinski definition) is 10. The Hall–Kier alpha value is -3.11. The van der Waals surface area contributed by atoms with Crippen LogP contribution in [-0.4, -0.2) is 53.4 Å². The number of aromatic carboxylic acids is 1. The minimum absolute atomic E-state index is 0. The number of halogens is 2. The van der Waals surface area contributed by atoms with Crippen molar-refractivity contribution < 1.29 is 75.1 Å². The first-order valence-electron chi connectivity index (χ1n) is 11.0. The van der Waals surface area contributed by atoms with Crippen LogP contribution in [-0.2, 0) is 32.3 Å². The molecule has 0 saturated carbocycles. The molecule has 0 spiro atoms. The monoisotopic (exact) mass is 603 g/mol. The number of fused-ring (bicyclic) bond motifs is 1.